The van der Waals surface area contributed by atoms with Crippen molar-refractivity contribution in [2.75, 3.05) is 11.9 Å². The monoisotopic (exact) mass is 395 g/mol. The van der Waals surface area contributed by atoms with E-state index in [-0.39, 0.29) is 24.4 Å². The van der Waals surface area contributed by atoms with Crippen molar-refractivity contribution in [3.05, 3.63) is 65.2 Å². The Morgan fingerprint density at radius 3 is 2.31 bits per heavy atom. The largest absolute Gasteiger partial charge is 0.456 e. The predicted molar refractivity (Wildman–Crippen MR) is 110 cm³/mol. The second-order valence-electron chi connectivity index (χ2n) is 6.72. The zero-order chi connectivity index (χ0) is 21.2. The van der Waals surface area contributed by atoms with E-state index in [0.717, 1.165) is 12.8 Å². The summed E-state index contributed by atoms with van der Waals surface area (Å²) in [7, 11) is 0. The number of anilines is 1. The topological polar surface area (TPSA) is 89.5 Å². The fourth-order valence-electron chi connectivity index (χ4n) is 2.74. The van der Waals surface area contributed by atoms with Crippen molar-refractivity contribution in [3.63, 3.8) is 0 Å². The van der Waals surface area contributed by atoms with Gasteiger partial charge < -0.3 is 10.1 Å². The molecule has 6 heteroatoms. The standard InChI is InChI=1S/C23H25NO5/c1-3-5-17-8-10-18(11-9-17)21(26)12-13-23(28)29-15-22(27)24-20-7-4-6-19(14-20)16(2)25/h4,6-11,14H,3,5,12-13,15H2,1-2H3,(H,24,27). The predicted octanol–water partition coefficient (Wildman–Crippen LogP) is 3.99. The van der Waals surface area contributed by atoms with Crippen LogP contribution in [0.4, 0.5) is 5.69 Å². The summed E-state index contributed by atoms with van der Waals surface area (Å²) in [5.41, 5.74) is 2.64. The van der Waals surface area contributed by atoms with Crippen molar-refractivity contribution in [1.82, 2.24) is 0 Å². The minimum Gasteiger partial charge on any atom is -0.456 e. The molecule has 29 heavy (non-hydrogen) atoms. The first kappa shape index (κ1) is 22.0. The van der Waals surface area contributed by atoms with Crippen LogP contribution in [0.5, 0.6) is 0 Å². The zero-order valence-electron chi connectivity index (χ0n) is 16.7. The molecule has 2 aromatic rings. The number of ether oxygens (including phenoxy) is 1. The maximum absolute atomic E-state index is 12.2. The number of hydrogen-bond acceptors (Lipinski definition) is 5. The number of Topliss-reactive ketones (excluding diaryl/α,β-unsaturated/α-hetero) is 2. The van der Waals surface area contributed by atoms with Crippen LogP contribution in [-0.2, 0) is 20.7 Å². The SMILES string of the molecule is CCCc1ccc(C(=O)CCC(=O)OCC(=O)Nc2cccc(C(C)=O)c2)cc1. The van der Waals surface area contributed by atoms with E-state index in [1.54, 1.807) is 36.4 Å². The van der Waals surface area contributed by atoms with Gasteiger partial charge >= 0.3 is 5.97 Å². The van der Waals surface area contributed by atoms with E-state index in [1.807, 2.05) is 12.1 Å². The average Bonchev–Trinajstić information content (AvgIpc) is 2.71. The number of hydrogen-bond donors (Lipinski definition) is 1. The van der Waals surface area contributed by atoms with Gasteiger partial charge in [0.2, 0.25) is 0 Å². The van der Waals surface area contributed by atoms with Gasteiger partial charge in [-0.05, 0) is 31.0 Å². The van der Waals surface area contributed by atoms with Crippen LogP contribution < -0.4 is 5.32 Å². The van der Waals surface area contributed by atoms with Crippen LogP contribution >= 0.6 is 0 Å². The van der Waals surface area contributed by atoms with E-state index in [4.69, 9.17) is 4.74 Å². The molecule has 0 atom stereocenters. The summed E-state index contributed by atoms with van der Waals surface area (Å²) in [6.45, 7) is 3.07. The van der Waals surface area contributed by atoms with Crippen molar-refractivity contribution >= 4 is 29.1 Å². The van der Waals surface area contributed by atoms with Gasteiger partial charge in [-0.25, -0.2) is 0 Å². The molecule has 0 bridgehead atoms. The summed E-state index contributed by atoms with van der Waals surface area (Å²) in [5.74, 6) is -1.39. The Balaban J connectivity index is 1.74. The number of esters is 1. The summed E-state index contributed by atoms with van der Waals surface area (Å²) >= 11 is 0. The van der Waals surface area contributed by atoms with Crippen LogP contribution in [0.15, 0.2) is 48.5 Å². The van der Waals surface area contributed by atoms with Crippen LogP contribution in [0.1, 0.15) is 59.4 Å². The van der Waals surface area contributed by atoms with Gasteiger partial charge in [-0.1, -0.05) is 49.7 Å². The zero-order valence-corrected chi connectivity index (χ0v) is 16.7. The smallest absolute Gasteiger partial charge is 0.306 e. The normalized spacial score (nSPS) is 10.3. The molecular weight excluding hydrogens is 370 g/mol. The van der Waals surface area contributed by atoms with Gasteiger partial charge in [-0.3, -0.25) is 19.2 Å². The van der Waals surface area contributed by atoms with Crippen LogP contribution in [0.3, 0.4) is 0 Å². The molecular formula is C23H25NO5. The van der Waals surface area contributed by atoms with E-state index < -0.39 is 18.5 Å². The molecule has 0 aliphatic rings. The molecule has 0 saturated heterocycles. The minimum atomic E-state index is -0.617. The molecule has 152 valence electrons. The van der Waals surface area contributed by atoms with Gasteiger partial charge in [-0.2, -0.15) is 0 Å². The first-order valence-corrected chi connectivity index (χ1v) is 9.57. The highest BCUT2D eigenvalue weighted by molar-refractivity contribution is 5.99. The lowest BCUT2D eigenvalue weighted by atomic mass is 10.0. The molecule has 0 fully saturated rings. The summed E-state index contributed by atoms with van der Waals surface area (Å²) in [6, 6.07) is 13.8. The lowest BCUT2D eigenvalue weighted by Crippen LogP contribution is -2.21. The lowest BCUT2D eigenvalue weighted by molar-refractivity contribution is -0.147. The Labute approximate surface area is 170 Å². The molecule has 0 spiro atoms. The lowest BCUT2D eigenvalue weighted by Gasteiger charge is -2.07. The van der Waals surface area contributed by atoms with Gasteiger partial charge in [0.15, 0.2) is 18.2 Å². The molecule has 1 N–H and O–H groups in total. The van der Waals surface area contributed by atoms with Crippen LogP contribution in [0.25, 0.3) is 0 Å². The average molecular weight is 395 g/mol. The molecule has 2 aromatic carbocycles. The van der Waals surface area contributed by atoms with E-state index in [2.05, 4.69) is 12.2 Å². The number of nitrogens with one attached hydrogen (secondary N) is 1. The van der Waals surface area contributed by atoms with Crippen molar-refractivity contribution in [3.8, 4) is 0 Å². The molecule has 0 aromatic heterocycles. The molecule has 0 unspecified atom stereocenters. The van der Waals surface area contributed by atoms with E-state index >= 15 is 0 Å². The summed E-state index contributed by atoms with van der Waals surface area (Å²) in [5, 5.41) is 2.56. The number of carbonyl (C=O) groups is 4. The highest BCUT2D eigenvalue weighted by Crippen LogP contribution is 2.12. The highest BCUT2D eigenvalue weighted by Gasteiger charge is 2.12. The van der Waals surface area contributed by atoms with Gasteiger partial charge in [0.1, 0.15) is 0 Å². The number of ketones is 2. The third-order valence-corrected chi connectivity index (χ3v) is 4.29. The number of benzene rings is 2. The molecule has 0 aliphatic carbocycles. The van der Waals surface area contributed by atoms with Crippen LogP contribution in [0, 0.1) is 0 Å². The first-order valence-electron chi connectivity index (χ1n) is 9.57. The number of aryl methyl sites for hydroxylation is 1. The van der Waals surface area contributed by atoms with E-state index in [0.29, 0.717) is 16.8 Å². The van der Waals surface area contributed by atoms with Crippen molar-refractivity contribution in [1.29, 1.82) is 0 Å². The van der Waals surface area contributed by atoms with Gasteiger partial charge in [0, 0.05) is 23.2 Å². The Bertz CT molecular complexity index is 886. The molecule has 0 aliphatic heterocycles. The van der Waals surface area contributed by atoms with E-state index in [1.165, 1.54) is 12.5 Å². The van der Waals surface area contributed by atoms with Gasteiger partial charge in [-0.15, -0.1) is 0 Å². The van der Waals surface area contributed by atoms with Gasteiger partial charge in [0.25, 0.3) is 5.91 Å². The highest BCUT2D eigenvalue weighted by atomic mass is 16.5. The van der Waals surface area contributed by atoms with Crippen LogP contribution in [0.2, 0.25) is 0 Å². The van der Waals surface area contributed by atoms with Gasteiger partial charge in [0.05, 0.1) is 6.42 Å². The minimum absolute atomic E-state index is 0.0221. The van der Waals surface area contributed by atoms with E-state index in [9.17, 15) is 19.2 Å². The Hall–Kier alpha value is -3.28. The summed E-state index contributed by atoms with van der Waals surface area (Å²) in [6.07, 6.45) is 1.92. The van der Waals surface area contributed by atoms with Crippen LogP contribution in [-0.4, -0.2) is 30.0 Å². The second-order valence-corrected chi connectivity index (χ2v) is 6.72. The number of carbonyl (C=O) groups excluding carboxylic acids is 4. The second kappa shape index (κ2) is 10.9. The molecule has 1 amide bonds. The fourth-order valence-corrected chi connectivity index (χ4v) is 2.74. The maximum Gasteiger partial charge on any atom is 0.306 e. The molecule has 0 saturated carbocycles. The Morgan fingerprint density at radius 1 is 0.931 bits per heavy atom. The van der Waals surface area contributed by atoms with Crippen molar-refractivity contribution < 1.29 is 23.9 Å². The third-order valence-electron chi connectivity index (χ3n) is 4.29. The third kappa shape index (κ3) is 7.33. The number of rotatable bonds is 10. The first-order chi connectivity index (χ1) is 13.9. The molecule has 6 nitrogen and oxygen atoms in total. The molecule has 0 radical (unpaired) electrons. The van der Waals surface area contributed by atoms with Crippen molar-refractivity contribution in [2.45, 2.75) is 39.5 Å². The Morgan fingerprint density at radius 2 is 1.66 bits per heavy atom. The van der Waals surface area contributed by atoms with Crippen molar-refractivity contribution in [2.24, 2.45) is 0 Å². The quantitative estimate of drug-likeness (QED) is 0.485. The summed E-state index contributed by atoms with van der Waals surface area (Å²) < 4.78 is 4.92. The number of amides is 1. The summed E-state index contributed by atoms with van der Waals surface area (Å²) in [4.78, 5) is 47.3. The fraction of sp³-hybridized carbons (Fsp3) is 0.304. The molecule has 2 rings (SSSR count). The maximum atomic E-state index is 12.2. The molecule has 0 heterocycles. The Kier molecular flexibility index (Phi) is 8.27.